The maximum absolute atomic E-state index is 12.7. The third kappa shape index (κ3) is 1.69. The molecule has 3 rings (SSSR count). The first-order valence-electron chi connectivity index (χ1n) is 6.80. The molecular weight excluding hydrogens is 224 g/mol. The van der Waals surface area contributed by atoms with E-state index in [0.717, 1.165) is 37.2 Å². The van der Waals surface area contributed by atoms with Crippen LogP contribution in [0.4, 0.5) is 11.4 Å². The van der Waals surface area contributed by atoms with Crippen molar-refractivity contribution in [2.45, 2.75) is 39.0 Å². The minimum Gasteiger partial charge on any atom is -0.399 e. The Balaban J connectivity index is 1.92. The number of hydrogen-bond acceptors (Lipinski definition) is 2. The second kappa shape index (κ2) is 4.01. The van der Waals surface area contributed by atoms with Gasteiger partial charge in [0.1, 0.15) is 0 Å². The molecule has 1 amide bonds. The van der Waals surface area contributed by atoms with Crippen molar-refractivity contribution in [1.29, 1.82) is 0 Å². The van der Waals surface area contributed by atoms with Crippen molar-refractivity contribution >= 4 is 17.3 Å². The molecule has 3 heteroatoms. The number of nitrogens with zero attached hydrogens (tertiary/aromatic N) is 1. The summed E-state index contributed by atoms with van der Waals surface area (Å²) in [6.45, 7) is 2.93. The average molecular weight is 244 g/mol. The van der Waals surface area contributed by atoms with Gasteiger partial charge in [-0.05, 0) is 37.0 Å². The van der Waals surface area contributed by atoms with Crippen molar-refractivity contribution in [3.8, 4) is 0 Å². The first-order chi connectivity index (χ1) is 8.60. The molecule has 0 aromatic heterocycles. The van der Waals surface area contributed by atoms with E-state index in [1.807, 2.05) is 17.0 Å². The van der Waals surface area contributed by atoms with Crippen LogP contribution in [0.15, 0.2) is 18.2 Å². The highest BCUT2D eigenvalue weighted by atomic mass is 16.2. The molecule has 1 aromatic rings. The molecule has 0 atom stereocenters. The Morgan fingerprint density at radius 1 is 1.33 bits per heavy atom. The highest BCUT2D eigenvalue weighted by molar-refractivity contribution is 5.99. The minimum absolute atomic E-state index is 0.147. The highest BCUT2D eigenvalue weighted by Gasteiger charge is 2.41. The third-order valence-corrected chi connectivity index (χ3v) is 4.47. The van der Waals surface area contributed by atoms with E-state index in [-0.39, 0.29) is 5.41 Å². The van der Waals surface area contributed by atoms with E-state index in [9.17, 15) is 4.79 Å². The van der Waals surface area contributed by atoms with E-state index >= 15 is 0 Å². The van der Waals surface area contributed by atoms with Crippen LogP contribution in [-0.4, -0.2) is 12.5 Å². The lowest BCUT2D eigenvalue weighted by Crippen LogP contribution is -2.40. The maximum atomic E-state index is 12.7. The van der Waals surface area contributed by atoms with E-state index in [1.54, 1.807) is 0 Å². The number of nitrogen functional groups attached to an aromatic ring is 1. The molecule has 1 aliphatic heterocycles. The number of carbonyl (C=O) groups is 1. The lowest BCUT2D eigenvalue weighted by atomic mass is 9.87. The van der Waals surface area contributed by atoms with Gasteiger partial charge >= 0.3 is 0 Å². The van der Waals surface area contributed by atoms with Gasteiger partial charge in [0.05, 0.1) is 0 Å². The Labute approximate surface area is 108 Å². The highest BCUT2D eigenvalue weighted by Crippen LogP contribution is 2.42. The van der Waals surface area contributed by atoms with Gasteiger partial charge in [-0.25, -0.2) is 0 Å². The van der Waals surface area contributed by atoms with Crippen molar-refractivity contribution in [2.75, 3.05) is 17.2 Å². The smallest absolute Gasteiger partial charge is 0.232 e. The topological polar surface area (TPSA) is 46.3 Å². The normalized spacial score (nSPS) is 21.1. The standard InChI is InChI=1S/C15H20N2O/c1-15(7-2-3-8-15)14(18)17-9-6-11-4-5-12(16)10-13(11)17/h4-5,10H,2-3,6-9,16H2,1H3. The van der Waals surface area contributed by atoms with E-state index in [1.165, 1.54) is 18.4 Å². The van der Waals surface area contributed by atoms with Crippen LogP contribution < -0.4 is 10.6 Å². The van der Waals surface area contributed by atoms with Crippen LogP contribution in [0.3, 0.4) is 0 Å². The molecule has 2 N–H and O–H groups in total. The van der Waals surface area contributed by atoms with Crippen LogP contribution >= 0.6 is 0 Å². The predicted octanol–water partition coefficient (Wildman–Crippen LogP) is 2.74. The molecule has 1 fully saturated rings. The van der Waals surface area contributed by atoms with Gasteiger partial charge < -0.3 is 10.6 Å². The maximum Gasteiger partial charge on any atom is 0.232 e. The van der Waals surface area contributed by atoms with Gasteiger partial charge in [0, 0.05) is 23.3 Å². The average Bonchev–Trinajstić information content (AvgIpc) is 2.95. The summed E-state index contributed by atoms with van der Waals surface area (Å²) in [6, 6.07) is 5.91. The molecule has 0 bridgehead atoms. The summed E-state index contributed by atoms with van der Waals surface area (Å²) in [6.07, 6.45) is 5.37. The number of nitrogens with two attached hydrogens (primary N) is 1. The summed E-state index contributed by atoms with van der Waals surface area (Å²) in [5.74, 6) is 0.296. The lowest BCUT2D eigenvalue weighted by Gasteiger charge is -2.29. The van der Waals surface area contributed by atoms with E-state index in [4.69, 9.17) is 5.73 Å². The first-order valence-corrected chi connectivity index (χ1v) is 6.80. The van der Waals surface area contributed by atoms with Crippen molar-refractivity contribution in [2.24, 2.45) is 5.41 Å². The fraction of sp³-hybridized carbons (Fsp3) is 0.533. The Morgan fingerprint density at radius 3 is 2.78 bits per heavy atom. The molecule has 1 aliphatic carbocycles. The van der Waals surface area contributed by atoms with Crippen LogP contribution in [0.1, 0.15) is 38.2 Å². The number of amides is 1. The zero-order chi connectivity index (χ0) is 12.8. The minimum atomic E-state index is -0.147. The fourth-order valence-corrected chi connectivity index (χ4v) is 3.30. The Morgan fingerprint density at radius 2 is 2.06 bits per heavy atom. The molecule has 0 saturated heterocycles. The van der Waals surface area contributed by atoms with Crippen LogP contribution in [-0.2, 0) is 11.2 Å². The Hall–Kier alpha value is -1.51. The SMILES string of the molecule is CC1(C(=O)N2CCc3ccc(N)cc32)CCCC1. The quantitative estimate of drug-likeness (QED) is 0.772. The molecule has 18 heavy (non-hydrogen) atoms. The van der Waals surface area contributed by atoms with Crippen molar-refractivity contribution in [3.05, 3.63) is 23.8 Å². The monoisotopic (exact) mass is 244 g/mol. The number of fused-ring (bicyclic) bond motifs is 1. The summed E-state index contributed by atoms with van der Waals surface area (Å²) in [4.78, 5) is 14.7. The van der Waals surface area contributed by atoms with Gasteiger partial charge in [-0.2, -0.15) is 0 Å². The molecule has 1 heterocycles. The summed E-state index contributed by atoms with van der Waals surface area (Å²) in [5.41, 5.74) is 8.72. The predicted molar refractivity (Wildman–Crippen MR) is 73.5 cm³/mol. The lowest BCUT2D eigenvalue weighted by molar-refractivity contribution is -0.127. The molecule has 0 radical (unpaired) electrons. The molecular formula is C15H20N2O. The Kier molecular flexibility index (Phi) is 2.58. The summed E-state index contributed by atoms with van der Waals surface area (Å²) < 4.78 is 0. The Bertz CT molecular complexity index is 489. The number of benzene rings is 1. The van der Waals surface area contributed by atoms with Gasteiger partial charge in [-0.15, -0.1) is 0 Å². The number of hydrogen-bond donors (Lipinski definition) is 1. The molecule has 96 valence electrons. The molecule has 1 aromatic carbocycles. The van der Waals surface area contributed by atoms with Gasteiger partial charge in [0.15, 0.2) is 0 Å². The zero-order valence-electron chi connectivity index (χ0n) is 10.9. The fourth-order valence-electron chi connectivity index (χ4n) is 3.30. The van der Waals surface area contributed by atoms with Crippen molar-refractivity contribution < 1.29 is 4.79 Å². The van der Waals surface area contributed by atoms with Crippen LogP contribution in [0.25, 0.3) is 0 Å². The van der Waals surface area contributed by atoms with Gasteiger partial charge in [0.2, 0.25) is 5.91 Å². The molecule has 0 spiro atoms. The molecule has 2 aliphatic rings. The van der Waals surface area contributed by atoms with E-state index in [0.29, 0.717) is 5.91 Å². The van der Waals surface area contributed by atoms with Crippen LogP contribution in [0.5, 0.6) is 0 Å². The largest absolute Gasteiger partial charge is 0.399 e. The summed E-state index contributed by atoms with van der Waals surface area (Å²) in [5, 5.41) is 0. The summed E-state index contributed by atoms with van der Waals surface area (Å²) in [7, 11) is 0. The second-order valence-corrected chi connectivity index (χ2v) is 5.86. The first kappa shape index (κ1) is 11.6. The zero-order valence-corrected chi connectivity index (χ0v) is 10.9. The molecule has 1 saturated carbocycles. The molecule has 0 unspecified atom stereocenters. The summed E-state index contributed by atoms with van der Waals surface area (Å²) >= 11 is 0. The second-order valence-electron chi connectivity index (χ2n) is 5.86. The van der Waals surface area contributed by atoms with Gasteiger partial charge in [-0.3, -0.25) is 4.79 Å². The third-order valence-electron chi connectivity index (χ3n) is 4.47. The van der Waals surface area contributed by atoms with Crippen molar-refractivity contribution in [3.63, 3.8) is 0 Å². The number of anilines is 2. The van der Waals surface area contributed by atoms with E-state index < -0.39 is 0 Å². The van der Waals surface area contributed by atoms with Crippen molar-refractivity contribution in [1.82, 2.24) is 0 Å². The van der Waals surface area contributed by atoms with Crippen LogP contribution in [0, 0.1) is 5.41 Å². The number of rotatable bonds is 1. The van der Waals surface area contributed by atoms with Gasteiger partial charge in [0.25, 0.3) is 0 Å². The van der Waals surface area contributed by atoms with Gasteiger partial charge in [-0.1, -0.05) is 25.8 Å². The number of carbonyl (C=O) groups excluding carboxylic acids is 1. The van der Waals surface area contributed by atoms with E-state index in [2.05, 4.69) is 13.0 Å². The van der Waals surface area contributed by atoms with Crippen LogP contribution in [0.2, 0.25) is 0 Å². The molecule has 3 nitrogen and oxygen atoms in total.